The van der Waals surface area contributed by atoms with Crippen LogP contribution in [-0.2, 0) is 4.79 Å². The van der Waals surface area contributed by atoms with Crippen molar-refractivity contribution < 1.29 is 14.3 Å². The molecule has 1 aromatic heterocycles. The van der Waals surface area contributed by atoms with Gasteiger partial charge in [0.2, 0.25) is 5.91 Å². The molecule has 0 bridgehead atoms. The Hall–Kier alpha value is -3.32. The Labute approximate surface area is 180 Å². The molecule has 3 rings (SSSR count). The average molecular weight is 422 g/mol. The summed E-state index contributed by atoms with van der Waals surface area (Å²) < 4.78 is 5.25. The van der Waals surface area contributed by atoms with E-state index >= 15 is 0 Å². The van der Waals surface area contributed by atoms with Crippen LogP contribution in [0.3, 0.4) is 0 Å². The van der Waals surface area contributed by atoms with Crippen molar-refractivity contribution in [1.82, 2.24) is 9.88 Å². The van der Waals surface area contributed by atoms with E-state index in [4.69, 9.17) is 4.74 Å². The lowest BCUT2D eigenvalue weighted by atomic mass is 10.2. The van der Waals surface area contributed by atoms with Crippen molar-refractivity contribution in [2.45, 2.75) is 16.8 Å². The van der Waals surface area contributed by atoms with Crippen LogP contribution in [0.1, 0.15) is 17.3 Å². The summed E-state index contributed by atoms with van der Waals surface area (Å²) in [4.78, 5) is 32.1. The summed E-state index contributed by atoms with van der Waals surface area (Å²) in [6.45, 7) is 2.22. The molecule has 1 N–H and O–H groups in total. The molecule has 154 valence electrons. The standard InChI is InChI=1S/C23H23N3O3S/c1-3-26(16-21(27)25-19-8-4-5-9-20(19)29-2)23(28)17-11-13-18(14-12-17)30-22-10-6-7-15-24-22/h4-15H,3,16H2,1-2H3,(H,25,27). The molecular formula is C23H23N3O3S. The van der Waals surface area contributed by atoms with Gasteiger partial charge in [-0.15, -0.1) is 0 Å². The molecular weight excluding hydrogens is 398 g/mol. The van der Waals surface area contributed by atoms with Gasteiger partial charge >= 0.3 is 0 Å². The fourth-order valence-electron chi connectivity index (χ4n) is 2.81. The summed E-state index contributed by atoms with van der Waals surface area (Å²) in [6.07, 6.45) is 1.75. The normalized spacial score (nSPS) is 10.3. The number of amides is 2. The van der Waals surface area contributed by atoms with E-state index in [2.05, 4.69) is 10.3 Å². The quantitative estimate of drug-likeness (QED) is 0.586. The van der Waals surface area contributed by atoms with Crippen LogP contribution in [0, 0.1) is 0 Å². The van der Waals surface area contributed by atoms with Gasteiger partial charge in [-0.25, -0.2) is 4.98 Å². The molecule has 6 nitrogen and oxygen atoms in total. The van der Waals surface area contributed by atoms with Crippen molar-refractivity contribution in [1.29, 1.82) is 0 Å². The molecule has 0 spiro atoms. The number of hydrogen-bond acceptors (Lipinski definition) is 5. The Morgan fingerprint density at radius 1 is 1.03 bits per heavy atom. The first-order valence-corrected chi connectivity index (χ1v) is 10.3. The predicted octanol–water partition coefficient (Wildman–Crippen LogP) is 4.34. The third-order valence-electron chi connectivity index (χ3n) is 4.35. The molecule has 0 aliphatic carbocycles. The first-order valence-electron chi connectivity index (χ1n) is 9.51. The molecule has 0 radical (unpaired) electrons. The molecule has 1 heterocycles. The number of anilines is 1. The molecule has 2 amide bonds. The van der Waals surface area contributed by atoms with Gasteiger partial charge in [0.15, 0.2) is 0 Å². The first-order chi connectivity index (χ1) is 14.6. The molecule has 0 saturated carbocycles. The number of hydrogen-bond donors (Lipinski definition) is 1. The highest BCUT2D eigenvalue weighted by Crippen LogP contribution is 2.26. The third kappa shape index (κ3) is 5.61. The van der Waals surface area contributed by atoms with Crippen LogP contribution >= 0.6 is 11.8 Å². The van der Waals surface area contributed by atoms with E-state index in [1.54, 1.807) is 37.6 Å². The second-order valence-corrected chi connectivity index (χ2v) is 7.46. The van der Waals surface area contributed by atoms with Crippen LogP contribution in [0.2, 0.25) is 0 Å². The predicted molar refractivity (Wildman–Crippen MR) is 118 cm³/mol. The maximum absolute atomic E-state index is 12.9. The van der Waals surface area contributed by atoms with Crippen LogP contribution < -0.4 is 10.1 Å². The Morgan fingerprint density at radius 3 is 2.43 bits per heavy atom. The monoisotopic (exact) mass is 421 g/mol. The van der Waals surface area contributed by atoms with Crippen LogP contribution in [0.15, 0.2) is 82.8 Å². The average Bonchev–Trinajstić information content (AvgIpc) is 2.78. The maximum Gasteiger partial charge on any atom is 0.254 e. The lowest BCUT2D eigenvalue weighted by molar-refractivity contribution is -0.116. The van der Waals surface area contributed by atoms with Gasteiger partial charge in [0, 0.05) is 23.2 Å². The summed E-state index contributed by atoms with van der Waals surface area (Å²) in [5, 5.41) is 3.69. The Balaban J connectivity index is 1.63. The number of para-hydroxylation sites is 2. The van der Waals surface area contributed by atoms with Gasteiger partial charge < -0.3 is 15.0 Å². The number of nitrogens with one attached hydrogen (secondary N) is 1. The number of carbonyl (C=O) groups is 2. The fourth-order valence-corrected chi connectivity index (χ4v) is 3.59. The zero-order valence-electron chi connectivity index (χ0n) is 16.9. The topological polar surface area (TPSA) is 71.5 Å². The van der Waals surface area contributed by atoms with E-state index in [9.17, 15) is 9.59 Å². The minimum atomic E-state index is -0.281. The second kappa shape index (κ2) is 10.5. The molecule has 0 fully saturated rings. The summed E-state index contributed by atoms with van der Waals surface area (Å²) in [7, 11) is 1.54. The van der Waals surface area contributed by atoms with E-state index in [0.29, 0.717) is 23.5 Å². The largest absolute Gasteiger partial charge is 0.495 e. The zero-order valence-corrected chi connectivity index (χ0v) is 17.7. The number of pyridine rings is 1. The van der Waals surface area contributed by atoms with Gasteiger partial charge in [0.1, 0.15) is 17.3 Å². The highest BCUT2D eigenvalue weighted by Gasteiger charge is 2.18. The highest BCUT2D eigenvalue weighted by molar-refractivity contribution is 7.99. The Kier molecular flexibility index (Phi) is 7.45. The van der Waals surface area contributed by atoms with E-state index in [1.165, 1.54) is 16.7 Å². The molecule has 3 aromatic rings. The highest BCUT2D eigenvalue weighted by atomic mass is 32.2. The number of methoxy groups -OCH3 is 1. The molecule has 0 aliphatic rings. The van der Waals surface area contributed by atoms with Gasteiger partial charge in [-0.05, 0) is 55.5 Å². The fraction of sp³-hybridized carbons (Fsp3) is 0.174. The van der Waals surface area contributed by atoms with E-state index < -0.39 is 0 Å². The van der Waals surface area contributed by atoms with Crippen LogP contribution in [0.4, 0.5) is 5.69 Å². The van der Waals surface area contributed by atoms with Crippen molar-refractivity contribution >= 4 is 29.3 Å². The smallest absolute Gasteiger partial charge is 0.254 e. The van der Waals surface area contributed by atoms with Crippen LogP contribution in [0.25, 0.3) is 0 Å². The summed E-state index contributed by atoms with van der Waals surface area (Å²) in [5.74, 6) is 0.0975. The van der Waals surface area contributed by atoms with E-state index in [0.717, 1.165) is 9.92 Å². The van der Waals surface area contributed by atoms with Gasteiger partial charge in [-0.2, -0.15) is 0 Å². The molecule has 30 heavy (non-hydrogen) atoms. The molecule has 2 aromatic carbocycles. The second-order valence-electron chi connectivity index (χ2n) is 6.36. The number of likely N-dealkylation sites (N-methyl/N-ethyl adjacent to an activating group) is 1. The van der Waals surface area contributed by atoms with Gasteiger partial charge in [-0.3, -0.25) is 9.59 Å². The van der Waals surface area contributed by atoms with Gasteiger partial charge in [-0.1, -0.05) is 30.0 Å². The molecule has 0 atom stereocenters. The van der Waals surface area contributed by atoms with Gasteiger partial charge in [0.05, 0.1) is 12.8 Å². The molecule has 0 unspecified atom stereocenters. The molecule has 7 heteroatoms. The van der Waals surface area contributed by atoms with Crippen molar-refractivity contribution in [3.63, 3.8) is 0 Å². The lowest BCUT2D eigenvalue weighted by Crippen LogP contribution is -2.37. The number of benzene rings is 2. The zero-order chi connectivity index (χ0) is 21.3. The lowest BCUT2D eigenvalue weighted by Gasteiger charge is -2.21. The number of rotatable bonds is 8. The summed E-state index contributed by atoms with van der Waals surface area (Å²) in [5.41, 5.74) is 1.11. The van der Waals surface area contributed by atoms with E-state index in [1.807, 2.05) is 49.4 Å². The minimum Gasteiger partial charge on any atom is -0.495 e. The Morgan fingerprint density at radius 2 is 1.77 bits per heavy atom. The SMILES string of the molecule is CCN(CC(=O)Nc1ccccc1OC)C(=O)c1ccc(Sc2ccccn2)cc1. The number of aromatic nitrogens is 1. The van der Waals surface area contributed by atoms with Gasteiger partial charge in [0.25, 0.3) is 5.91 Å². The summed E-state index contributed by atoms with van der Waals surface area (Å²) >= 11 is 1.53. The first kappa shape index (κ1) is 21.4. The van der Waals surface area contributed by atoms with E-state index in [-0.39, 0.29) is 18.4 Å². The number of ether oxygens (including phenoxy) is 1. The summed E-state index contributed by atoms with van der Waals surface area (Å²) in [6, 6.07) is 20.2. The third-order valence-corrected chi connectivity index (χ3v) is 5.30. The van der Waals surface area contributed by atoms with Crippen molar-refractivity contribution in [2.75, 3.05) is 25.5 Å². The maximum atomic E-state index is 12.9. The van der Waals surface area contributed by atoms with Crippen LogP contribution in [0.5, 0.6) is 5.75 Å². The minimum absolute atomic E-state index is 0.0438. The van der Waals surface area contributed by atoms with Crippen LogP contribution in [-0.4, -0.2) is 41.9 Å². The van der Waals surface area contributed by atoms with Crippen molar-refractivity contribution in [2.24, 2.45) is 0 Å². The number of carbonyl (C=O) groups excluding carboxylic acids is 2. The Bertz CT molecular complexity index is 994. The van der Waals surface area contributed by atoms with Crippen molar-refractivity contribution in [3.8, 4) is 5.75 Å². The molecule has 0 aliphatic heterocycles. The number of nitrogens with zero attached hydrogens (tertiary/aromatic N) is 2. The van der Waals surface area contributed by atoms with Crippen molar-refractivity contribution in [3.05, 3.63) is 78.5 Å². The molecule has 0 saturated heterocycles.